The smallest absolute Gasteiger partial charge is 0.343 e. The Morgan fingerprint density at radius 3 is 2.64 bits per heavy atom. The van der Waals surface area contributed by atoms with E-state index in [2.05, 4.69) is 15.0 Å². The first-order chi connectivity index (χ1) is 16.1. The fourth-order valence-corrected chi connectivity index (χ4v) is 3.44. The Morgan fingerprint density at radius 2 is 1.88 bits per heavy atom. The number of carbonyl (C=O) groups is 1. The minimum atomic E-state index is -0.452. The maximum Gasteiger partial charge on any atom is 0.343 e. The van der Waals surface area contributed by atoms with E-state index in [1.165, 1.54) is 0 Å². The topological polar surface area (TPSA) is 118 Å². The van der Waals surface area contributed by atoms with Crippen molar-refractivity contribution >= 4 is 23.1 Å². The number of rotatable bonds is 6. The van der Waals surface area contributed by atoms with E-state index in [1.54, 1.807) is 68.2 Å². The van der Waals surface area contributed by atoms with Gasteiger partial charge in [-0.15, -0.1) is 0 Å². The fraction of sp³-hybridized carbons (Fsp3) is 0.0833. The monoisotopic (exact) mass is 441 g/mol. The summed E-state index contributed by atoms with van der Waals surface area (Å²) in [5, 5.41) is 0. The van der Waals surface area contributed by atoms with Crippen molar-refractivity contribution in [2.75, 3.05) is 12.8 Å². The van der Waals surface area contributed by atoms with Crippen molar-refractivity contribution < 1.29 is 18.7 Å². The van der Waals surface area contributed by atoms with E-state index in [9.17, 15) is 4.79 Å². The molecule has 33 heavy (non-hydrogen) atoms. The Morgan fingerprint density at radius 1 is 1.06 bits per heavy atom. The number of fused-ring (bicyclic) bond motifs is 1. The van der Waals surface area contributed by atoms with Crippen molar-refractivity contribution in [3.05, 3.63) is 84.4 Å². The highest BCUT2D eigenvalue weighted by Crippen LogP contribution is 2.26. The van der Waals surface area contributed by atoms with Gasteiger partial charge in [-0.2, -0.15) is 4.98 Å². The zero-order valence-electron chi connectivity index (χ0n) is 17.6. The lowest BCUT2D eigenvalue weighted by molar-refractivity contribution is 0.0734. The predicted octanol–water partition coefficient (Wildman–Crippen LogP) is 3.94. The number of nitrogens with two attached hydrogens (primary N) is 1. The molecule has 2 aromatic carbocycles. The van der Waals surface area contributed by atoms with Crippen molar-refractivity contribution in [3.63, 3.8) is 0 Å². The highest BCUT2D eigenvalue weighted by Gasteiger charge is 2.16. The molecule has 0 bridgehead atoms. The van der Waals surface area contributed by atoms with Gasteiger partial charge in [-0.05, 0) is 42.0 Å². The quantitative estimate of drug-likeness (QED) is 0.311. The van der Waals surface area contributed by atoms with Crippen LogP contribution in [-0.2, 0) is 6.54 Å². The summed E-state index contributed by atoms with van der Waals surface area (Å²) < 4.78 is 17.9. The average molecular weight is 441 g/mol. The first-order valence-electron chi connectivity index (χ1n) is 10.1. The van der Waals surface area contributed by atoms with E-state index in [4.69, 9.17) is 19.6 Å². The van der Waals surface area contributed by atoms with Crippen LogP contribution in [0.4, 0.5) is 5.95 Å². The van der Waals surface area contributed by atoms with Crippen LogP contribution in [0.3, 0.4) is 0 Å². The minimum absolute atomic E-state index is 0.131. The number of hydrogen-bond donors (Lipinski definition) is 1. The van der Waals surface area contributed by atoms with Gasteiger partial charge in [0.05, 0.1) is 31.8 Å². The van der Waals surface area contributed by atoms with Crippen LogP contribution in [0.5, 0.6) is 11.5 Å². The molecule has 0 atom stereocenters. The summed E-state index contributed by atoms with van der Waals surface area (Å²) in [6.45, 7) is 0.482. The van der Waals surface area contributed by atoms with Gasteiger partial charge in [0.1, 0.15) is 22.7 Å². The van der Waals surface area contributed by atoms with Gasteiger partial charge >= 0.3 is 5.97 Å². The largest absolute Gasteiger partial charge is 0.497 e. The second kappa shape index (κ2) is 8.46. The summed E-state index contributed by atoms with van der Waals surface area (Å²) >= 11 is 0. The number of carbonyl (C=O) groups excluding carboxylic acids is 1. The molecule has 0 saturated heterocycles. The van der Waals surface area contributed by atoms with Crippen molar-refractivity contribution in [2.24, 2.45) is 0 Å². The average Bonchev–Trinajstić information content (AvgIpc) is 3.50. The number of nitrogen functional groups attached to an aromatic ring is 1. The molecule has 3 heterocycles. The molecule has 0 amide bonds. The molecular weight excluding hydrogens is 422 g/mol. The molecule has 5 rings (SSSR count). The molecule has 0 aliphatic heterocycles. The summed E-state index contributed by atoms with van der Waals surface area (Å²) in [7, 11) is 1.56. The van der Waals surface area contributed by atoms with Gasteiger partial charge in [0, 0.05) is 6.07 Å². The summed E-state index contributed by atoms with van der Waals surface area (Å²) in [6, 6.07) is 17.6. The first kappa shape index (κ1) is 20.3. The molecule has 0 aliphatic rings. The van der Waals surface area contributed by atoms with Crippen LogP contribution in [0.2, 0.25) is 0 Å². The number of methoxy groups -OCH3 is 1. The summed E-state index contributed by atoms with van der Waals surface area (Å²) in [6.07, 6.45) is 3.24. The zero-order valence-corrected chi connectivity index (χ0v) is 17.6. The van der Waals surface area contributed by atoms with Crippen LogP contribution >= 0.6 is 0 Å². The molecule has 0 spiro atoms. The molecule has 0 saturated carbocycles. The van der Waals surface area contributed by atoms with Crippen molar-refractivity contribution in [3.8, 4) is 23.0 Å². The molecule has 0 fully saturated rings. The van der Waals surface area contributed by atoms with Crippen molar-refractivity contribution in [1.29, 1.82) is 0 Å². The number of furan rings is 1. The maximum atomic E-state index is 12.5. The lowest BCUT2D eigenvalue weighted by Crippen LogP contribution is -2.09. The normalized spacial score (nSPS) is 10.9. The van der Waals surface area contributed by atoms with Crippen LogP contribution in [0.15, 0.2) is 77.7 Å². The molecule has 2 N–H and O–H groups in total. The van der Waals surface area contributed by atoms with Crippen LogP contribution in [0.25, 0.3) is 22.6 Å². The predicted molar refractivity (Wildman–Crippen MR) is 121 cm³/mol. The lowest BCUT2D eigenvalue weighted by Gasteiger charge is -2.08. The van der Waals surface area contributed by atoms with Gasteiger partial charge in [0.2, 0.25) is 5.95 Å². The number of esters is 1. The molecule has 9 heteroatoms. The fourth-order valence-electron chi connectivity index (χ4n) is 3.44. The molecule has 0 radical (unpaired) electrons. The molecule has 0 unspecified atom stereocenters. The van der Waals surface area contributed by atoms with Gasteiger partial charge in [-0.3, -0.25) is 0 Å². The van der Waals surface area contributed by atoms with Crippen LogP contribution in [0, 0.1) is 0 Å². The number of ether oxygens (including phenoxy) is 2. The SMILES string of the molecule is COc1cccc(OC(=O)c2ccc(Cn3cnc4c(-c5ccco5)nc(N)nc43)cc2)c1. The molecule has 5 aromatic rings. The molecule has 9 nitrogen and oxygen atoms in total. The van der Waals surface area contributed by atoms with E-state index in [0.29, 0.717) is 46.2 Å². The maximum absolute atomic E-state index is 12.5. The summed E-state index contributed by atoms with van der Waals surface area (Å²) in [5.41, 5.74) is 9.03. The Labute approximate surface area is 188 Å². The number of imidazole rings is 1. The van der Waals surface area contributed by atoms with Crippen LogP contribution < -0.4 is 15.2 Å². The van der Waals surface area contributed by atoms with Gasteiger partial charge in [-0.1, -0.05) is 18.2 Å². The van der Waals surface area contributed by atoms with E-state index in [-0.39, 0.29) is 5.95 Å². The summed E-state index contributed by atoms with van der Waals surface area (Å²) in [4.78, 5) is 25.6. The Hall–Kier alpha value is -4.66. The van der Waals surface area contributed by atoms with E-state index >= 15 is 0 Å². The first-order valence-corrected chi connectivity index (χ1v) is 10.1. The second-order valence-electron chi connectivity index (χ2n) is 7.22. The van der Waals surface area contributed by atoms with E-state index in [1.807, 2.05) is 16.7 Å². The lowest BCUT2D eigenvalue weighted by atomic mass is 10.1. The van der Waals surface area contributed by atoms with Gasteiger partial charge < -0.3 is 24.2 Å². The molecular formula is C24H19N5O4. The highest BCUT2D eigenvalue weighted by atomic mass is 16.5. The highest BCUT2D eigenvalue weighted by molar-refractivity contribution is 5.91. The number of aromatic nitrogens is 4. The van der Waals surface area contributed by atoms with E-state index in [0.717, 1.165) is 5.56 Å². The summed E-state index contributed by atoms with van der Waals surface area (Å²) in [5.74, 6) is 1.27. The Kier molecular flexibility index (Phi) is 5.19. The number of nitrogens with zero attached hydrogens (tertiary/aromatic N) is 4. The minimum Gasteiger partial charge on any atom is -0.497 e. The van der Waals surface area contributed by atoms with Crippen molar-refractivity contribution in [2.45, 2.75) is 6.54 Å². The number of benzene rings is 2. The number of anilines is 1. The third kappa shape index (κ3) is 4.11. The molecule has 3 aromatic heterocycles. The van der Waals surface area contributed by atoms with Crippen molar-refractivity contribution in [1.82, 2.24) is 19.5 Å². The number of hydrogen-bond acceptors (Lipinski definition) is 8. The molecule has 164 valence electrons. The third-order valence-corrected chi connectivity index (χ3v) is 5.03. The third-order valence-electron chi connectivity index (χ3n) is 5.03. The standard InChI is InChI=1S/C24H19N5O4/c1-31-17-4-2-5-18(12-17)33-23(30)16-9-7-15(8-10-16)13-29-14-26-21-20(19-6-3-11-32-19)27-24(25)28-22(21)29/h2-12,14H,13H2,1H3,(H2,25,27,28). The zero-order chi connectivity index (χ0) is 22.8. The van der Waals surface area contributed by atoms with E-state index < -0.39 is 5.97 Å². The van der Waals surface area contributed by atoms with Crippen LogP contribution in [-0.4, -0.2) is 32.6 Å². The van der Waals surface area contributed by atoms with Gasteiger partial charge in [0.15, 0.2) is 11.4 Å². The molecule has 0 aliphatic carbocycles. The Bertz CT molecular complexity index is 1430. The second-order valence-corrected chi connectivity index (χ2v) is 7.22. The van der Waals surface area contributed by atoms with Gasteiger partial charge in [0.25, 0.3) is 0 Å². The van der Waals surface area contributed by atoms with Crippen LogP contribution in [0.1, 0.15) is 15.9 Å². The van der Waals surface area contributed by atoms with Gasteiger partial charge in [-0.25, -0.2) is 14.8 Å². The Balaban J connectivity index is 1.36.